The highest BCUT2D eigenvalue weighted by molar-refractivity contribution is 7.89. The van der Waals surface area contributed by atoms with Crippen LogP contribution in [0.1, 0.15) is 32.1 Å². The molecular formula is C14H21N5O2S. The summed E-state index contributed by atoms with van der Waals surface area (Å²) in [7, 11) is -3.54. The molecule has 0 fully saturated rings. The third kappa shape index (κ3) is 3.07. The van der Waals surface area contributed by atoms with Gasteiger partial charge in [0.25, 0.3) is 10.0 Å². The second-order valence-corrected chi connectivity index (χ2v) is 7.72. The number of fused-ring (bicyclic) bond motifs is 1. The molecule has 3 rings (SSSR count). The molecule has 0 unspecified atom stereocenters. The van der Waals surface area contributed by atoms with Gasteiger partial charge in [0, 0.05) is 44.1 Å². The summed E-state index contributed by atoms with van der Waals surface area (Å²) < 4.78 is 31.2. The largest absolute Gasteiger partial charge is 0.335 e. The van der Waals surface area contributed by atoms with Crippen molar-refractivity contribution in [2.75, 3.05) is 6.54 Å². The smallest absolute Gasteiger partial charge is 0.259 e. The molecule has 0 aliphatic carbocycles. The summed E-state index contributed by atoms with van der Waals surface area (Å²) in [5, 5.41) is 0.0836. The van der Waals surface area contributed by atoms with Gasteiger partial charge in [-0.25, -0.2) is 23.1 Å². The molecule has 0 bridgehead atoms. The van der Waals surface area contributed by atoms with Crippen molar-refractivity contribution < 1.29 is 8.42 Å². The fourth-order valence-corrected chi connectivity index (χ4v) is 3.69. The maximum atomic E-state index is 12.3. The van der Waals surface area contributed by atoms with Crippen LogP contribution in [0.2, 0.25) is 0 Å². The van der Waals surface area contributed by atoms with Crippen molar-refractivity contribution in [1.29, 1.82) is 0 Å². The number of sulfonamides is 1. The first-order chi connectivity index (χ1) is 10.5. The summed E-state index contributed by atoms with van der Waals surface area (Å²) in [6.07, 6.45) is 8.70. The molecule has 0 aromatic carbocycles. The lowest BCUT2D eigenvalue weighted by molar-refractivity contribution is 0.363. The van der Waals surface area contributed by atoms with Crippen LogP contribution in [0.5, 0.6) is 0 Å². The lowest BCUT2D eigenvalue weighted by Crippen LogP contribution is -2.33. The molecule has 8 heteroatoms. The van der Waals surface area contributed by atoms with Crippen LogP contribution in [0.3, 0.4) is 0 Å². The summed E-state index contributed by atoms with van der Waals surface area (Å²) in [4.78, 5) is 8.28. The van der Waals surface area contributed by atoms with E-state index in [2.05, 4.69) is 19.3 Å². The normalized spacial score (nSPS) is 18.6. The average Bonchev–Trinajstić information content (AvgIpc) is 3.13. The molecule has 0 saturated carbocycles. The minimum atomic E-state index is -3.54. The van der Waals surface area contributed by atoms with Gasteiger partial charge in [0.05, 0.1) is 6.33 Å². The Morgan fingerprint density at radius 1 is 1.41 bits per heavy atom. The zero-order valence-corrected chi connectivity index (χ0v) is 13.6. The molecule has 22 heavy (non-hydrogen) atoms. The van der Waals surface area contributed by atoms with E-state index in [9.17, 15) is 8.42 Å². The van der Waals surface area contributed by atoms with Gasteiger partial charge in [-0.1, -0.05) is 0 Å². The van der Waals surface area contributed by atoms with Gasteiger partial charge in [0.2, 0.25) is 0 Å². The summed E-state index contributed by atoms with van der Waals surface area (Å²) >= 11 is 0. The first kappa shape index (κ1) is 15.2. The minimum Gasteiger partial charge on any atom is -0.335 e. The number of hydrogen-bond donors (Lipinski definition) is 1. The van der Waals surface area contributed by atoms with E-state index in [0.717, 1.165) is 25.2 Å². The highest BCUT2D eigenvalue weighted by Gasteiger charge is 2.23. The van der Waals surface area contributed by atoms with E-state index in [-0.39, 0.29) is 17.0 Å². The van der Waals surface area contributed by atoms with Gasteiger partial charge < -0.3 is 9.13 Å². The van der Waals surface area contributed by atoms with Crippen LogP contribution in [0.25, 0.3) is 0 Å². The lowest BCUT2D eigenvalue weighted by Gasteiger charge is -2.23. The zero-order chi connectivity index (χ0) is 15.7. The quantitative estimate of drug-likeness (QED) is 0.896. The maximum absolute atomic E-state index is 12.3. The van der Waals surface area contributed by atoms with E-state index in [4.69, 9.17) is 0 Å². The van der Waals surface area contributed by atoms with Crippen LogP contribution in [0.4, 0.5) is 0 Å². The Balaban J connectivity index is 1.63. The molecule has 0 amide bonds. The van der Waals surface area contributed by atoms with E-state index >= 15 is 0 Å². The topological polar surface area (TPSA) is 81.8 Å². The molecule has 2 aromatic rings. The van der Waals surface area contributed by atoms with Crippen molar-refractivity contribution in [3.8, 4) is 0 Å². The Morgan fingerprint density at radius 3 is 2.95 bits per heavy atom. The van der Waals surface area contributed by atoms with Gasteiger partial charge in [-0.2, -0.15) is 0 Å². The predicted octanol–water partition coefficient (Wildman–Crippen LogP) is 1.20. The summed E-state index contributed by atoms with van der Waals surface area (Å²) in [6, 6.07) is 0.189. The molecule has 0 saturated heterocycles. The van der Waals surface area contributed by atoms with Crippen LogP contribution < -0.4 is 4.72 Å². The SMILES string of the molecule is CC(C)n1cnc(S(=O)(=O)NC[C@H]2CCc3nccn3C2)c1. The Labute approximate surface area is 130 Å². The van der Waals surface area contributed by atoms with Crippen LogP contribution in [-0.2, 0) is 23.0 Å². The zero-order valence-electron chi connectivity index (χ0n) is 12.8. The number of nitrogens with zero attached hydrogens (tertiary/aromatic N) is 4. The fraction of sp³-hybridized carbons (Fsp3) is 0.571. The van der Waals surface area contributed by atoms with E-state index in [1.54, 1.807) is 23.3 Å². The fourth-order valence-electron chi connectivity index (χ4n) is 2.64. The van der Waals surface area contributed by atoms with Gasteiger partial charge in [-0.15, -0.1) is 0 Å². The van der Waals surface area contributed by atoms with Crippen LogP contribution in [-0.4, -0.2) is 34.1 Å². The van der Waals surface area contributed by atoms with Gasteiger partial charge >= 0.3 is 0 Å². The van der Waals surface area contributed by atoms with Gasteiger partial charge in [0.15, 0.2) is 5.03 Å². The van der Waals surface area contributed by atoms with E-state index in [0.29, 0.717) is 6.54 Å². The second-order valence-electron chi connectivity index (χ2n) is 6.01. The predicted molar refractivity (Wildman–Crippen MR) is 81.8 cm³/mol. The summed E-state index contributed by atoms with van der Waals surface area (Å²) in [5.41, 5.74) is 0. The average molecular weight is 323 g/mol. The second kappa shape index (κ2) is 5.85. The first-order valence-corrected chi connectivity index (χ1v) is 8.97. The monoisotopic (exact) mass is 323 g/mol. The molecule has 1 N–H and O–H groups in total. The standard InChI is InChI=1S/C14H21N5O2S/c1-11(2)19-9-14(16-10-19)22(20,21)17-7-12-3-4-13-15-5-6-18(13)8-12/h5-6,9-12,17H,3-4,7-8H2,1-2H3/t12-/m1/s1. The van der Waals surface area contributed by atoms with Crippen molar-refractivity contribution in [3.05, 3.63) is 30.7 Å². The van der Waals surface area contributed by atoms with Crippen molar-refractivity contribution in [2.24, 2.45) is 5.92 Å². The molecule has 2 aromatic heterocycles. The Bertz CT molecular complexity index is 747. The number of aryl methyl sites for hydroxylation is 1. The minimum absolute atomic E-state index is 0.0836. The first-order valence-electron chi connectivity index (χ1n) is 7.49. The number of hydrogen-bond acceptors (Lipinski definition) is 4. The molecule has 1 atom stereocenters. The summed E-state index contributed by atoms with van der Waals surface area (Å²) in [6.45, 7) is 5.19. The van der Waals surface area contributed by atoms with Crippen molar-refractivity contribution >= 4 is 10.0 Å². The van der Waals surface area contributed by atoms with Crippen LogP contribution in [0, 0.1) is 5.92 Å². The van der Waals surface area contributed by atoms with Gasteiger partial charge in [0.1, 0.15) is 5.82 Å². The lowest BCUT2D eigenvalue weighted by atomic mass is 10.00. The van der Waals surface area contributed by atoms with Crippen LogP contribution in [0.15, 0.2) is 29.9 Å². The highest BCUT2D eigenvalue weighted by Crippen LogP contribution is 2.19. The molecule has 7 nitrogen and oxygen atoms in total. The molecule has 1 aliphatic rings. The van der Waals surface area contributed by atoms with E-state index < -0.39 is 10.0 Å². The molecule has 3 heterocycles. The van der Waals surface area contributed by atoms with Crippen LogP contribution >= 0.6 is 0 Å². The van der Waals surface area contributed by atoms with E-state index in [1.807, 2.05) is 20.0 Å². The summed E-state index contributed by atoms with van der Waals surface area (Å²) in [5.74, 6) is 1.36. The van der Waals surface area contributed by atoms with Crippen molar-refractivity contribution in [1.82, 2.24) is 23.8 Å². The molecule has 0 spiro atoms. The Kier molecular flexibility index (Phi) is 4.05. The Hall–Kier alpha value is -1.67. The Morgan fingerprint density at radius 2 is 2.23 bits per heavy atom. The third-order valence-corrected chi connectivity index (χ3v) is 5.35. The van der Waals surface area contributed by atoms with Gasteiger partial charge in [-0.05, 0) is 26.2 Å². The highest BCUT2D eigenvalue weighted by atomic mass is 32.2. The molecule has 120 valence electrons. The number of aromatic nitrogens is 4. The number of imidazole rings is 2. The van der Waals surface area contributed by atoms with E-state index in [1.165, 1.54) is 0 Å². The maximum Gasteiger partial charge on any atom is 0.259 e. The van der Waals surface area contributed by atoms with Gasteiger partial charge in [-0.3, -0.25) is 0 Å². The third-order valence-electron chi connectivity index (χ3n) is 4.04. The van der Waals surface area contributed by atoms with Crippen molar-refractivity contribution in [2.45, 2.75) is 44.3 Å². The molecular weight excluding hydrogens is 302 g/mol. The number of nitrogens with one attached hydrogen (secondary N) is 1. The molecule has 0 radical (unpaired) electrons. The molecule has 1 aliphatic heterocycles. The van der Waals surface area contributed by atoms with Crippen molar-refractivity contribution in [3.63, 3.8) is 0 Å². The number of rotatable bonds is 5.